The molecule has 0 radical (unpaired) electrons. The predicted octanol–water partition coefficient (Wildman–Crippen LogP) is 3.77. The van der Waals surface area contributed by atoms with E-state index < -0.39 is 0 Å². The zero-order valence-electron chi connectivity index (χ0n) is 8.38. The molecule has 1 aromatic rings. The Bertz CT molecular complexity index is 332. The quantitative estimate of drug-likeness (QED) is 0.605. The standard InChI is InChI=1S/C13H16/c1-10(2)12-9-5-7-11-6-3-4-8-13(11)12/h3,5-7,9-10H,4,8H2,1-2H3. The molecular weight excluding hydrogens is 156 g/mol. The van der Waals surface area contributed by atoms with E-state index in [1.165, 1.54) is 24.0 Å². The summed E-state index contributed by atoms with van der Waals surface area (Å²) < 4.78 is 0. The molecule has 0 heteroatoms. The van der Waals surface area contributed by atoms with E-state index in [1.807, 2.05) is 0 Å². The van der Waals surface area contributed by atoms with E-state index in [4.69, 9.17) is 0 Å². The van der Waals surface area contributed by atoms with E-state index in [-0.39, 0.29) is 0 Å². The highest BCUT2D eigenvalue weighted by Crippen LogP contribution is 2.27. The van der Waals surface area contributed by atoms with Crippen molar-refractivity contribution < 1.29 is 0 Å². The maximum Gasteiger partial charge on any atom is -0.0216 e. The van der Waals surface area contributed by atoms with Gasteiger partial charge < -0.3 is 0 Å². The molecule has 2 rings (SSSR count). The van der Waals surface area contributed by atoms with Crippen molar-refractivity contribution in [2.45, 2.75) is 32.6 Å². The smallest absolute Gasteiger partial charge is 0.0216 e. The van der Waals surface area contributed by atoms with E-state index in [9.17, 15) is 0 Å². The summed E-state index contributed by atoms with van der Waals surface area (Å²) in [6.07, 6.45) is 6.95. The molecule has 1 aliphatic carbocycles. The number of hydrogen-bond donors (Lipinski definition) is 0. The molecule has 0 unspecified atom stereocenters. The van der Waals surface area contributed by atoms with Gasteiger partial charge in [-0.05, 0) is 35.4 Å². The highest BCUT2D eigenvalue weighted by Gasteiger charge is 2.10. The summed E-state index contributed by atoms with van der Waals surface area (Å²) >= 11 is 0. The summed E-state index contributed by atoms with van der Waals surface area (Å²) in [7, 11) is 0. The normalized spacial score (nSPS) is 14.7. The first-order valence-electron chi connectivity index (χ1n) is 5.07. The van der Waals surface area contributed by atoms with Crippen LogP contribution in [0.2, 0.25) is 0 Å². The molecule has 1 aromatic carbocycles. The minimum atomic E-state index is 0.654. The van der Waals surface area contributed by atoms with Crippen LogP contribution in [0, 0.1) is 0 Å². The minimum absolute atomic E-state index is 0.654. The van der Waals surface area contributed by atoms with Crippen LogP contribution in [-0.4, -0.2) is 0 Å². The van der Waals surface area contributed by atoms with Crippen LogP contribution >= 0.6 is 0 Å². The average Bonchev–Trinajstić information content (AvgIpc) is 2.17. The van der Waals surface area contributed by atoms with Crippen molar-refractivity contribution in [1.29, 1.82) is 0 Å². The minimum Gasteiger partial charge on any atom is -0.0836 e. The second-order valence-corrected chi connectivity index (χ2v) is 4.01. The molecular formula is C13H16. The van der Waals surface area contributed by atoms with Gasteiger partial charge >= 0.3 is 0 Å². The predicted molar refractivity (Wildman–Crippen MR) is 57.9 cm³/mol. The lowest BCUT2D eigenvalue weighted by Crippen LogP contribution is -2.01. The third-order valence-corrected chi connectivity index (χ3v) is 2.73. The lowest BCUT2D eigenvalue weighted by atomic mass is 9.88. The Hall–Kier alpha value is -1.04. The Balaban J connectivity index is 2.53. The van der Waals surface area contributed by atoms with Crippen LogP contribution in [0.15, 0.2) is 24.3 Å². The maximum absolute atomic E-state index is 2.27. The average molecular weight is 172 g/mol. The largest absolute Gasteiger partial charge is 0.0836 e. The van der Waals surface area contributed by atoms with Gasteiger partial charge in [0.25, 0.3) is 0 Å². The van der Waals surface area contributed by atoms with Crippen molar-refractivity contribution in [2.75, 3.05) is 0 Å². The molecule has 0 nitrogen and oxygen atoms in total. The molecule has 0 N–H and O–H groups in total. The van der Waals surface area contributed by atoms with Crippen LogP contribution in [0.3, 0.4) is 0 Å². The fraction of sp³-hybridized carbons (Fsp3) is 0.385. The topological polar surface area (TPSA) is 0 Å². The molecule has 0 aliphatic heterocycles. The molecule has 68 valence electrons. The number of rotatable bonds is 1. The van der Waals surface area contributed by atoms with Crippen molar-refractivity contribution in [3.05, 3.63) is 41.0 Å². The molecule has 0 aromatic heterocycles. The van der Waals surface area contributed by atoms with Crippen molar-refractivity contribution in [3.8, 4) is 0 Å². The van der Waals surface area contributed by atoms with Gasteiger partial charge in [0.15, 0.2) is 0 Å². The fourth-order valence-corrected chi connectivity index (χ4v) is 2.05. The van der Waals surface area contributed by atoms with Gasteiger partial charge in [0.05, 0.1) is 0 Å². The molecule has 0 heterocycles. The summed E-state index contributed by atoms with van der Waals surface area (Å²) in [6, 6.07) is 6.66. The Kier molecular flexibility index (Phi) is 2.22. The molecule has 0 saturated heterocycles. The first kappa shape index (κ1) is 8.55. The third kappa shape index (κ3) is 1.53. The first-order chi connectivity index (χ1) is 6.29. The van der Waals surface area contributed by atoms with Crippen LogP contribution in [0.4, 0.5) is 0 Å². The summed E-state index contributed by atoms with van der Waals surface area (Å²) in [5, 5.41) is 0. The number of fused-ring (bicyclic) bond motifs is 1. The van der Waals surface area contributed by atoms with Crippen molar-refractivity contribution in [1.82, 2.24) is 0 Å². The molecule has 0 bridgehead atoms. The summed E-state index contributed by atoms with van der Waals surface area (Å²) in [5.74, 6) is 0.654. The Morgan fingerprint density at radius 1 is 1.23 bits per heavy atom. The van der Waals surface area contributed by atoms with E-state index in [2.05, 4.69) is 44.2 Å². The number of benzene rings is 1. The van der Waals surface area contributed by atoms with Gasteiger partial charge in [-0.15, -0.1) is 0 Å². The van der Waals surface area contributed by atoms with Gasteiger partial charge in [-0.2, -0.15) is 0 Å². The molecule has 0 spiro atoms. The monoisotopic (exact) mass is 172 g/mol. The van der Waals surface area contributed by atoms with E-state index in [0.717, 1.165) is 0 Å². The van der Waals surface area contributed by atoms with Crippen molar-refractivity contribution >= 4 is 6.08 Å². The maximum atomic E-state index is 2.27. The van der Waals surface area contributed by atoms with Gasteiger partial charge in [-0.3, -0.25) is 0 Å². The zero-order valence-corrected chi connectivity index (χ0v) is 8.38. The number of allylic oxidation sites excluding steroid dienone is 1. The van der Waals surface area contributed by atoms with Gasteiger partial charge in [0, 0.05) is 0 Å². The number of hydrogen-bond acceptors (Lipinski definition) is 0. The lowest BCUT2D eigenvalue weighted by molar-refractivity contribution is 0.829. The van der Waals surface area contributed by atoms with E-state index >= 15 is 0 Å². The fourth-order valence-electron chi connectivity index (χ4n) is 2.05. The van der Waals surface area contributed by atoms with Gasteiger partial charge in [-0.25, -0.2) is 0 Å². The second kappa shape index (κ2) is 3.37. The Labute approximate surface area is 80.3 Å². The van der Waals surface area contributed by atoms with Gasteiger partial charge in [-0.1, -0.05) is 44.2 Å². The Morgan fingerprint density at radius 3 is 2.85 bits per heavy atom. The van der Waals surface area contributed by atoms with Crippen LogP contribution < -0.4 is 0 Å². The second-order valence-electron chi connectivity index (χ2n) is 4.01. The molecule has 0 amide bonds. The lowest BCUT2D eigenvalue weighted by Gasteiger charge is -2.17. The molecule has 0 fully saturated rings. The van der Waals surface area contributed by atoms with Gasteiger partial charge in [0.2, 0.25) is 0 Å². The van der Waals surface area contributed by atoms with Crippen LogP contribution in [0.5, 0.6) is 0 Å². The molecule has 13 heavy (non-hydrogen) atoms. The molecule has 1 aliphatic rings. The van der Waals surface area contributed by atoms with Crippen LogP contribution in [-0.2, 0) is 6.42 Å². The van der Waals surface area contributed by atoms with E-state index in [1.54, 1.807) is 5.56 Å². The van der Waals surface area contributed by atoms with Gasteiger partial charge in [0.1, 0.15) is 0 Å². The summed E-state index contributed by atoms with van der Waals surface area (Å²) in [4.78, 5) is 0. The summed E-state index contributed by atoms with van der Waals surface area (Å²) in [6.45, 7) is 4.54. The highest BCUT2D eigenvalue weighted by molar-refractivity contribution is 5.58. The Morgan fingerprint density at radius 2 is 2.08 bits per heavy atom. The third-order valence-electron chi connectivity index (χ3n) is 2.73. The highest BCUT2D eigenvalue weighted by atomic mass is 14.2. The van der Waals surface area contributed by atoms with Crippen molar-refractivity contribution in [2.24, 2.45) is 0 Å². The molecule has 0 saturated carbocycles. The SMILES string of the molecule is CC(C)c1cccc2c1CCC=C2. The van der Waals surface area contributed by atoms with Crippen molar-refractivity contribution in [3.63, 3.8) is 0 Å². The summed E-state index contributed by atoms with van der Waals surface area (Å²) in [5.41, 5.74) is 4.53. The zero-order chi connectivity index (χ0) is 9.26. The molecule has 0 atom stereocenters. The van der Waals surface area contributed by atoms with E-state index in [0.29, 0.717) is 5.92 Å². The van der Waals surface area contributed by atoms with Crippen LogP contribution in [0.1, 0.15) is 42.9 Å². The van der Waals surface area contributed by atoms with Crippen LogP contribution in [0.25, 0.3) is 6.08 Å². The first-order valence-corrected chi connectivity index (χ1v) is 5.07.